The van der Waals surface area contributed by atoms with Crippen LogP contribution in [0.3, 0.4) is 0 Å². The molecule has 0 aliphatic heterocycles. The highest BCUT2D eigenvalue weighted by atomic mass is 16.1. The van der Waals surface area contributed by atoms with Gasteiger partial charge in [-0.15, -0.1) is 0 Å². The lowest BCUT2D eigenvalue weighted by atomic mass is 10.3. The summed E-state index contributed by atoms with van der Waals surface area (Å²) >= 11 is 0. The second-order valence-corrected chi connectivity index (χ2v) is 2.98. The van der Waals surface area contributed by atoms with E-state index in [9.17, 15) is 4.79 Å². The zero-order valence-corrected chi connectivity index (χ0v) is 8.58. The Morgan fingerprint density at radius 3 is 3.00 bits per heavy atom. The zero-order chi connectivity index (χ0) is 10.4. The molecule has 1 aromatic heterocycles. The summed E-state index contributed by atoms with van der Waals surface area (Å²) in [6, 6.07) is 0. The molecule has 0 aliphatic rings. The fourth-order valence-electron chi connectivity index (χ4n) is 1.08. The Bertz CT molecular complexity index is 295. The van der Waals surface area contributed by atoms with E-state index in [1.807, 2.05) is 17.8 Å². The van der Waals surface area contributed by atoms with Crippen LogP contribution in [0.2, 0.25) is 0 Å². The second-order valence-electron chi connectivity index (χ2n) is 2.98. The molecule has 0 aliphatic carbocycles. The number of likely N-dealkylation sites (N-methyl/N-ethyl adjacent to an activating group) is 1. The Labute approximate surface area is 83.5 Å². The molecule has 0 aromatic carbocycles. The van der Waals surface area contributed by atoms with E-state index >= 15 is 0 Å². The molecule has 0 atom stereocenters. The lowest BCUT2D eigenvalue weighted by Crippen LogP contribution is -2.30. The molecule has 0 saturated carbocycles. The van der Waals surface area contributed by atoms with Crippen molar-refractivity contribution < 1.29 is 4.79 Å². The van der Waals surface area contributed by atoms with Crippen LogP contribution < -0.4 is 10.6 Å². The third-order valence-corrected chi connectivity index (χ3v) is 1.90. The van der Waals surface area contributed by atoms with E-state index < -0.39 is 0 Å². The predicted octanol–water partition coefficient (Wildman–Crippen LogP) is -0.261. The minimum absolute atomic E-state index is 0.00659. The van der Waals surface area contributed by atoms with Crippen molar-refractivity contribution in [2.45, 2.75) is 20.0 Å². The normalized spacial score (nSPS) is 10.1. The molecule has 1 aromatic rings. The first-order valence-corrected chi connectivity index (χ1v) is 4.69. The van der Waals surface area contributed by atoms with E-state index in [2.05, 4.69) is 15.7 Å². The number of rotatable bonds is 5. The number of aromatic nitrogens is 2. The summed E-state index contributed by atoms with van der Waals surface area (Å²) in [6.07, 6.45) is 3.78. The number of hydrogen-bond acceptors (Lipinski definition) is 3. The number of amides is 1. The summed E-state index contributed by atoms with van der Waals surface area (Å²) in [6.45, 7) is 3.92. The minimum Gasteiger partial charge on any atom is -0.358 e. The van der Waals surface area contributed by atoms with Crippen LogP contribution in [0.1, 0.15) is 12.5 Å². The van der Waals surface area contributed by atoms with Gasteiger partial charge in [0.25, 0.3) is 0 Å². The van der Waals surface area contributed by atoms with Crippen molar-refractivity contribution in [3.8, 4) is 0 Å². The van der Waals surface area contributed by atoms with Crippen LogP contribution in [0, 0.1) is 0 Å². The summed E-state index contributed by atoms with van der Waals surface area (Å²) < 4.78 is 1.86. The number of aryl methyl sites for hydroxylation is 1. The molecule has 78 valence electrons. The van der Waals surface area contributed by atoms with Crippen molar-refractivity contribution in [1.29, 1.82) is 0 Å². The molecular formula is C9H16N4O. The molecule has 5 heteroatoms. The standard InChI is InChI=1S/C9H16N4O/c1-3-13-7-8(5-12-13)4-11-6-9(14)10-2/h5,7,11H,3-4,6H2,1-2H3,(H,10,14). The zero-order valence-electron chi connectivity index (χ0n) is 8.58. The van der Waals surface area contributed by atoms with Crippen LogP contribution in [0.15, 0.2) is 12.4 Å². The van der Waals surface area contributed by atoms with Crippen LogP contribution in [-0.4, -0.2) is 29.3 Å². The van der Waals surface area contributed by atoms with Crippen LogP contribution in [0.25, 0.3) is 0 Å². The van der Waals surface area contributed by atoms with Gasteiger partial charge in [-0.05, 0) is 6.92 Å². The number of carbonyl (C=O) groups excluding carboxylic acids is 1. The molecule has 0 unspecified atom stereocenters. The van der Waals surface area contributed by atoms with Gasteiger partial charge in [-0.3, -0.25) is 9.48 Å². The van der Waals surface area contributed by atoms with Crippen LogP contribution in [0.4, 0.5) is 0 Å². The molecule has 1 rings (SSSR count). The number of hydrogen-bond donors (Lipinski definition) is 2. The molecule has 0 spiro atoms. The molecule has 2 N–H and O–H groups in total. The van der Waals surface area contributed by atoms with Crippen molar-refractivity contribution in [2.24, 2.45) is 0 Å². The fourth-order valence-corrected chi connectivity index (χ4v) is 1.08. The monoisotopic (exact) mass is 196 g/mol. The van der Waals surface area contributed by atoms with Gasteiger partial charge in [-0.2, -0.15) is 5.10 Å². The highest BCUT2D eigenvalue weighted by Crippen LogP contribution is 1.96. The highest BCUT2D eigenvalue weighted by molar-refractivity contribution is 5.77. The van der Waals surface area contributed by atoms with Gasteiger partial charge < -0.3 is 10.6 Å². The van der Waals surface area contributed by atoms with Gasteiger partial charge in [-0.25, -0.2) is 0 Å². The van der Waals surface area contributed by atoms with Gasteiger partial charge >= 0.3 is 0 Å². The van der Waals surface area contributed by atoms with E-state index in [4.69, 9.17) is 0 Å². The third kappa shape index (κ3) is 3.18. The molecule has 14 heavy (non-hydrogen) atoms. The lowest BCUT2D eigenvalue weighted by molar-refractivity contribution is -0.119. The first-order chi connectivity index (χ1) is 6.76. The van der Waals surface area contributed by atoms with Crippen molar-refractivity contribution in [1.82, 2.24) is 20.4 Å². The van der Waals surface area contributed by atoms with Crippen molar-refractivity contribution in [2.75, 3.05) is 13.6 Å². The van der Waals surface area contributed by atoms with Crippen molar-refractivity contribution in [3.63, 3.8) is 0 Å². The first-order valence-electron chi connectivity index (χ1n) is 4.69. The topological polar surface area (TPSA) is 59.0 Å². The van der Waals surface area contributed by atoms with Gasteiger partial charge in [0, 0.05) is 31.9 Å². The fraction of sp³-hybridized carbons (Fsp3) is 0.556. The van der Waals surface area contributed by atoms with E-state index in [1.54, 1.807) is 13.2 Å². The van der Waals surface area contributed by atoms with Crippen LogP contribution in [-0.2, 0) is 17.9 Å². The van der Waals surface area contributed by atoms with E-state index in [-0.39, 0.29) is 5.91 Å². The Morgan fingerprint density at radius 2 is 2.43 bits per heavy atom. The highest BCUT2D eigenvalue weighted by Gasteiger charge is 1.99. The largest absolute Gasteiger partial charge is 0.358 e. The number of nitrogens with zero attached hydrogens (tertiary/aromatic N) is 2. The van der Waals surface area contributed by atoms with Gasteiger partial charge in [0.1, 0.15) is 0 Å². The molecule has 5 nitrogen and oxygen atoms in total. The van der Waals surface area contributed by atoms with Crippen LogP contribution >= 0.6 is 0 Å². The molecule has 0 saturated heterocycles. The maximum atomic E-state index is 10.9. The van der Waals surface area contributed by atoms with Gasteiger partial charge in [0.05, 0.1) is 12.7 Å². The van der Waals surface area contributed by atoms with Crippen molar-refractivity contribution in [3.05, 3.63) is 18.0 Å². The van der Waals surface area contributed by atoms with E-state index in [0.717, 1.165) is 12.1 Å². The Balaban J connectivity index is 2.27. The summed E-state index contributed by atoms with van der Waals surface area (Å²) in [7, 11) is 1.62. The van der Waals surface area contributed by atoms with Crippen molar-refractivity contribution >= 4 is 5.91 Å². The third-order valence-electron chi connectivity index (χ3n) is 1.90. The Morgan fingerprint density at radius 1 is 1.64 bits per heavy atom. The predicted molar refractivity (Wildman–Crippen MR) is 53.7 cm³/mol. The van der Waals surface area contributed by atoms with E-state index in [1.165, 1.54) is 0 Å². The molecule has 0 radical (unpaired) electrons. The van der Waals surface area contributed by atoms with Gasteiger partial charge in [0.15, 0.2) is 0 Å². The molecule has 0 fully saturated rings. The average molecular weight is 196 g/mol. The molecule has 1 amide bonds. The number of nitrogens with one attached hydrogen (secondary N) is 2. The molecular weight excluding hydrogens is 180 g/mol. The first kappa shape index (κ1) is 10.7. The summed E-state index contributed by atoms with van der Waals surface area (Å²) in [5.74, 6) is -0.00659. The lowest BCUT2D eigenvalue weighted by Gasteiger charge is -2.00. The molecule has 1 heterocycles. The SMILES string of the molecule is CCn1cc(CNCC(=O)NC)cn1. The average Bonchev–Trinajstić information content (AvgIpc) is 2.65. The Kier molecular flexibility index (Phi) is 4.12. The Hall–Kier alpha value is -1.36. The molecule has 0 bridgehead atoms. The number of carbonyl (C=O) groups is 1. The maximum absolute atomic E-state index is 10.9. The quantitative estimate of drug-likeness (QED) is 0.682. The maximum Gasteiger partial charge on any atom is 0.233 e. The minimum atomic E-state index is -0.00659. The van der Waals surface area contributed by atoms with Crippen LogP contribution in [0.5, 0.6) is 0 Å². The smallest absolute Gasteiger partial charge is 0.233 e. The van der Waals surface area contributed by atoms with Gasteiger partial charge in [-0.1, -0.05) is 0 Å². The summed E-state index contributed by atoms with van der Waals surface area (Å²) in [5.41, 5.74) is 1.09. The van der Waals surface area contributed by atoms with E-state index in [0.29, 0.717) is 13.1 Å². The summed E-state index contributed by atoms with van der Waals surface area (Å²) in [4.78, 5) is 10.9. The second kappa shape index (κ2) is 5.39. The summed E-state index contributed by atoms with van der Waals surface area (Å²) in [5, 5.41) is 9.70. The van der Waals surface area contributed by atoms with Gasteiger partial charge in [0.2, 0.25) is 5.91 Å².